The summed E-state index contributed by atoms with van der Waals surface area (Å²) in [5, 5.41) is 0. The third-order valence-electron chi connectivity index (χ3n) is 4.10. The maximum atomic E-state index is 12.9. The number of likely N-dealkylation sites (tertiary alicyclic amines) is 1. The lowest BCUT2D eigenvalue weighted by molar-refractivity contribution is -0.141. The van der Waals surface area contributed by atoms with E-state index in [4.69, 9.17) is 4.74 Å². The fraction of sp³-hybridized carbons (Fsp3) is 0.389. The largest absolute Gasteiger partial charge is 0.458 e. The van der Waals surface area contributed by atoms with Gasteiger partial charge in [0.05, 0.1) is 12.3 Å². The zero-order chi connectivity index (χ0) is 20.1. The first kappa shape index (κ1) is 20.4. The van der Waals surface area contributed by atoms with Crippen molar-refractivity contribution in [3.05, 3.63) is 48.0 Å². The molecule has 2 aromatic rings. The summed E-state index contributed by atoms with van der Waals surface area (Å²) in [7, 11) is 0. The molecule has 1 aromatic carbocycles. The van der Waals surface area contributed by atoms with Gasteiger partial charge in [-0.15, -0.1) is 11.8 Å². The highest BCUT2D eigenvalue weighted by Gasteiger charge is 2.33. The first-order chi connectivity index (χ1) is 13.3. The Hall–Kier alpha value is -2.36. The molecule has 0 saturated carbocycles. The molecule has 1 fully saturated rings. The molecule has 0 N–H and O–H groups in total. The highest BCUT2D eigenvalue weighted by Crippen LogP contribution is 2.28. The van der Waals surface area contributed by atoms with Crippen LogP contribution < -0.4 is 4.74 Å². The molecule has 1 saturated heterocycles. The minimum atomic E-state index is -4.58. The van der Waals surface area contributed by atoms with Crippen molar-refractivity contribution >= 4 is 17.7 Å². The smallest absolute Gasteiger partial charge is 0.433 e. The first-order valence-electron chi connectivity index (χ1n) is 8.54. The van der Waals surface area contributed by atoms with E-state index in [1.807, 2.05) is 0 Å². The van der Waals surface area contributed by atoms with E-state index in [9.17, 15) is 22.4 Å². The number of hydrogen-bond acceptors (Lipinski definition) is 5. The normalized spacial score (nSPS) is 17.4. The second-order valence-electron chi connectivity index (χ2n) is 6.19. The Morgan fingerprint density at radius 3 is 2.71 bits per heavy atom. The van der Waals surface area contributed by atoms with Crippen molar-refractivity contribution in [3.8, 4) is 6.01 Å². The molecule has 0 spiro atoms. The lowest BCUT2D eigenvalue weighted by Crippen LogP contribution is -2.45. The van der Waals surface area contributed by atoms with Gasteiger partial charge in [0.25, 0.3) is 0 Å². The van der Waals surface area contributed by atoms with Crippen molar-refractivity contribution in [2.24, 2.45) is 0 Å². The third-order valence-corrected chi connectivity index (χ3v) is 5.10. The van der Waals surface area contributed by atoms with Gasteiger partial charge in [-0.25, -0.2) is 9.37 Å². The van der Waals surface area contributed by atoms with Crippen LogP contribution in [0.1, 0.15) is 18.5 Å². The standard InChI is InChI=1S/C18H17F4N3O2S/c19-12-3-5-14(6-4-12)28-11-16(26)25-9-1-2-13(10-25)27-17-23-8-7-15(24-17)18(20,21)22/h3-8,13H,1-2,9-11H2. The van der Waals surface area contributed by atoms with Crippen LogP contribution in [0.15, 0.2) is 41.4 Å². The van der Waals surface area contributed by atoms with Gasteiger partial charge in [0.1, 0.15) is 11.9 Å². The number of carbonyl (C=O) groups excluding carboxylic acids is 1. The van der Waals surface area contributed by atoms with Gasteiger partial charge < -0.3 is 9.64 Å². The summed E-state index contributed by atoms with van der Waals surface area (Å²) in [6, 6.07) is 6.27. The maximum Gasteiger partial charge on any atom is 0.433 e. The molecular formula is C18H17F4N3O2S. The number of piperidine rings is 1. The van der Waals surface area contributed by atoms with E-state index in [1.165, 1.54) is 23.9 Å². The van der Waals surface area contributed by atoms with Crippen LogP contribution in [0.25, 0.3) is 0 Å². The molecule has 1 unspecified atom stereocenters. The zero-order valence-corrected chi connectivity index (χ0v) is 15.5. The number of aromatic nitrogens is 2. The quantitative estimate of drug-likeness (QED) is 0.549. The Morgan fingerprint density at radius 2 is 2.00 bits per heavy atom. The molecule has 1 aromatic heterocycles. The topological polar surface area (TPSA) is 55.3 Å². The molecule has 2 heterocycles. The van der Waals surface area contributed by atoms with E-state index in [0.717, 1.165) is 17.2 Å². The zero-order valence-electron chi connectivity index (χ0n) is 14.7. The number of ether oxygens (including phenoxy) is 1. The fourth-order valence-corrected chi connectivity index (χ4v) is 3.53. The van der Waals surface area contributed by atoms with E-state index < -0.39 is 18.0 Å². The second-order valence-corrected chi connectivity index (χ2v) is 7.24. The summed E-state index contributed by atoms with van der Waals surface area (Å²) >= 11 is 1.29. The van der Waals surface area contributed by atoms with E-state index in [-0.39, 0.29) is 30.0 Å². The molecule has 3 rings (SSSR count). The highest BCUT2D eigenvalue weighted by atomic mass is 32.2. The van der Waals surface area contributed by atoms with Crippen molar-refractivity contribution in [2.75, 3.05) is 18.8 Å². The van der Waals surface area contributed by atoms with Crippen LogP contribution in [0.2, 0.25) is 0 Å². The van der Waals surface area contributed by atoms with Crippen LogP contribution in [-0.4, -0.2) is 45.7 Å². The van der Waals surface area contributed by atoms with Crippen molar-refractivity contribution in [1.29, 1.82) is 0 Å². The van der Waals surface area contributed by atoms with Gasteiger partial charge in [0.2, 0.25) is 5.91 Å². The number of amides is 1. The Bertz CT molecular complexity index is 817. The Balaban J connectivity index is 1.55. The van der Waals surface area contributed by atoms with Gasteiger partial charge in [-0.05, 0) is 43.2 Å². The monoisotopic (exact) mass is 415 g/mol. The van der Waals surface area contributed by atoms with E-state index in [2.05, 4.69) is 9.97 Å². The second kappa shape index (κ2) is 8.76. The summed E-state index contributed by atoms with van der Waals surface area (Å²) < 4.78 is 56.6. The van der Waals surface area contributed by atoms with Crippen LogP contribution in [0.3, 0.4) is 0 Å². The average molecular weight is 415 g/mol. The van der Waals surface area contributed by atoms with Crippen LogP contribution >= 0.6 is 11.8 Å². The number of rotatable bonds is 5. The molecule has 28 heavy (non-hydrogen) atoms. The molecule has 150 valence electrons. The van der Waals surface area contributed by atoms with Crippen molar-refractivity contribution in [3.63, 3.8) is 0 Å². The van der Waals surface area contributed by atoms with Gasteiger partial charge in [-0.3, -0.25) is 4.79 Å². The number of carbonyl (C=O) groups is 1. The Kier molecular flexibility index (Phi) is 6.38. The van der Waals surface area contributed by atoms with Gasteiger partial charge in [-0.2, -0.15) is 18.2 Å². The van der Waals surface area contributed by atoms with Crippen molar-refractivity contribution < 1.29 is 27.1 Å². The third kappa shape index (κ3) is 5.57. The van der Waals surface area contributed by atoms with Crippen LogP contribution in [0.5, 0.6) is 6.01 Å². The molecule has 1 aliphatic heterocycles. The van der Waals surface area contributed by atoms with Gasteiger partial charge in [0.15, 0.2) is 5.69 Å². The van der Waals surface area contributed by atoms with E-state index >= 15 is 0 Å². The summed E-state index contributed by atoms with van der Waals surface area (Å²) in [5.74, 6) is -0.283. The predicted octanol–water partition coefficient (Wildman–Crippen LogP) is 3.80. The SMILES string of the molecule is O=C(CSc1ccc(F)cc1)N1CCCC(Oc2nccc(C(F)(F)F)n2)C1. The first-order valence-corrected chi connectivity index (χ1v) is 9.53. The Labute approximate surface area is 163 Å². The number of thioether (sulfide) groups is 1. The number of hydrogen-bond donors (Lipinski definition) is 0. The molecule has 1 atom stereocenters. The van der Waals surface area contributed by atoms with Gasteiger partial charge in [-0.1, -0.05) is 0 Å². The van der Waals surface area contributed by atoms with Crippen molar-refractivity contribution in [2.45, 2.75) is 30.0 Å². The lowest BCUT2D eigenvalue weighted by Gasteiger charge is -2.32. The van der Waals surface area contributed by atoms with Crippen LogP contribution in [0, 0.1) is 5.82 Å². The summed E-state index contributed by atoms with van der Waals surface area (Å²) in [6.45, 7) is 0.800. The fourth-order valence-electron chi connectivity index (χ4n) is 2.73. The van der Waals surface area contributed by atoms with E-state index in [1.54, 1.807) is 17.0 Å². The molecule has 0 bridgehead atoms. The lowest BCUT2D eigenvalue weighted by atomic mass is 10.1. The number of nitrogens with zero attached hydrogens (tertiary/aromatic N) is 3. The summed E-state index contributed by atoms with van der Waals surface area (Å²) in [4.78, 5) is 21.9. The Morgan fingerprint density at radius 1 is 1.25 bits per heavy atom. The van der Waals surface area contributed by atoms with Crippen LogP contribution in [-0.2, 0) is 11.0 Å². The van der Waals surface area contributed by atoms with Gasteiger partial charge >= 0.3 is 12.2 Å². The number of alkyl halides is 3. The molecule has 1 amide bonds. The number of halogens is 4. The minimum Gasteiger partial charge on any atom is -0.458 e. The molecule has 0 aliphatic carbocycles. The summed E-state index contributed by atoms with van der Waals surface area (Å²) in [5.41, 5.74) is -1.07. The van der Waals surface area contributed by atoms with Gasteiger partial charge in [0, 0.05) is 17.6 Å². The van der Waals surface area contributed by atoms with Crippen molar-refractivity contribution in [1.82, 2.24) is 14.9 Å². The molecule has 1 aliphatic rings. The minimum absolute atomic E-state index is 0.118. The molecule has 10 heteroatoms. The average Bonchev–Trinajstić information content (AvgIpc) is 2.67. The molecule has 0 radical (unpaired) electrons. The highest BCUT2D eigenvalue weighted by molar-refractivity contribution is 8.00. The number of benzene rings is 1. The predicted molar refractivity (Wildman–Crippen MR) is 94.4 cm³/mol. The molecular weight excluding hydrogens is 398 g/mol. The van der Waals surface area contributed by atoms with Crippen LogP contribution in [0.4, 0.5) is 17.6 Å². The summed E-state index contributed by atoms with van der Waals surface area (Å²) in [6.07, 6.45) is -2.80. The maximum absolute atomic E-state index is 12.9. The van der Waals surface area contributed by atoms with E-state index in [0.29, 0.717) is 19.4 Å². The molecule has 5 nitrogen and oxygen atoms in total.